The Morgan fingerprint density at radius 1 is 1.36 bits per heavy atom. The summed E-state index contributed by atoms with van der Waals surface area (Å²) in [4.78, 5) is 36.0. The van der Waals surface area contributed by atoms with Gasteiger partial charge in [0.15, 0.2) is 27.0 Å². The van der Waals surface area contributed by atoms with Crippen molar-refractivity contribution in [3.05, 3.63) is 32.9 Å². The first-order chi connectivity index (χ1) is 11.4. The van der Waals surface area contributed by atoms with Gasteiger partial charge in [-0.15, -0.1) is 0 Å². The zero-order valence-electron chi connectivity index (χ0n) is 14.7. The molecule has 10 heteroatoms. The van der Waals surface area contributed by atoms with Gasteiger partial charge in [0.2, 0.25) is 5.82 Å². The summed E-state index contributed by atoms with van der Waals surface area (Å²) in [5, 5.41) is -0.237. The van der Waals surface area contributed by atoms with Gasteiger partial charge in [-0.25, -0.2) is 9.18 Å². The van der Waals surface area contributed by atoms with Crippen molar-refractivity contribution in [3.8, 4) is 0 Å². The Labute approximate surface area is 144 Å². The van der Waals surface area contributed by atoms with Crippen LogP contribution in [0.4, 0.5) is 8.78 Å². The van der Waals surface area contributed by atoms with Gasteiger partial charge in [0.25, 0.3) is 5.56 Å². The fourth-order valence-corrected chi connectivity index (χ4v) is 3.58. The number of hydrogen-bond acceptors (Lipinski definition) is 5. The Morgan fingerprint density at radius 3 is 2.48 bits per heavy atom. The van der Waals surface area contributed by atoms with E-state index in [1.807, 2.05) is 33.9 Å². The zero-order chi connectivity index (χ0) is 19.2. The van der Waals surface area contributed by atoms with Crippen LogP contribution in [0.5, 0.6) is 0 Å². The molecule has 1 aromatic rings. The van der Waals surface area contributed by atoms with Gasteiger partial charge in [-0.3, -0.25) is 14.3 Å². The number of ether oxygens (including phenoxy) is 1. The van der Waals surface area contributed by atoms with Crippen LogP contribution >= 0.6 is 0 Å². The number of aromatic amines is 1. The number of hydrogen-bond donors (Lipinski definition) is 1. The van der Waals surface area contributed by atoms with Gasteiger partial charge in [0.1, 0.15) is 12.2 Å². The number of nitrogens with zero attached hydrogens (tertiary/aromatic N) is 1. The number of aromatic nitrogens is 2. The molecule has 2 heterocycles. The third-order valence-electron chi connectivity index (χ3n) is 4.78. The van der Waals surface area contributed by atoms with Gasteiger partial charge >= 0.3 is 5.69 Å². The molecular weight excluding hydrogens is 354 g/mol. The highest BCUT2D eigenvalue weighted by atomic mass is 28.4. The lowest BCUT2D eigenvalue weighted by Gasteiger charge is -2.39. The number of alkyl halides is 1. The maximum atomic E-state index is 14.9. The summed E-state index contributed by atoms with van der Waals surface area (Å²) in [5.41, 5.74) is -2.24. The van der Waals surface area contributed by atoms with Crippen LogP contribution in [0.3, 0.4) is 0 Å². The smallest absolute Gasteiger partial charge is 0.330 e. The number of carbonyl (C=O) groups excluding carboxylic acids is 1. The molecule has 1 aliphatic heterocycles. The van der Waals surface area contributed by atoms with Crippen LogP contribution in [0.1, 0.15) is 27.0 Å². The molecule has 0 saturated carbocycles. The highest BCUT2D eigenvalue weighted by molar-refractivity contribution is 6.74. The highest BCUT2D eigenvalue weighted by Gasteiger charge is 2.51. The molecule has 1 N–H and O–H groups in total. The third-order valence-corrected chi connectivity index (χ3v) is 9.25. The molecule has 1 fully saturated rings. The lowest BCUT2D eigenvalue weighted by Crippen LogP contribution is -2.48. The molecule has 0 amide bonds. The molecule has 140 valence electrons. The van der Waals surface area contributed by atoms with E-state index in [0.29, 0.717) is 17.1 Å². The fourth-order valence-electron chi connectivity index (χ4n) is 2.28. The van der Waals surface area contributed by atoms with Crippen LogP contribution in [0.25, 0.3) is 0 Å². The molecule has 2 rings (SSSR count). The van der Waals surface area contributed by atoms with Crippen LogP contribution in [0.2, 0.25) is 18.1 Å². The van der Waals surface area contributed by atoms with Crippen molar-refractivity contribution in [3.63, 3.8) is 0 Å². The minimum absolute atomic E-state index is 0.237. The number of rotatable bonds is 4. The van der Waals surface area contributed by atoms with E-state index in [4.69, 9.17) is 9.16 Å². The normalized spacial score (nSPS) is 27.5. The summed E-state index contributed by atoms with van der Waals surface area (Å²) in [6.07, 6.45) is -4.94. The molecule has 0 aliphatic carbocycles. The molecule has 0 radical (unpaired) electrons. The van der Waals surface area contributed by atoms with E-state index in [1.165, 1.54) is 0 Å². The van der Waals surface area contributed by atoms with Crippen molar-refractivity contribution < 1.29 is 22.7 Å². The summed E-state index contributed by atoms with van der Waals surface area (Å²) in [6.45, 7) is 9.65. The standard InChI is InChI=1S/C15H22F2N2O5Si/c1-15(2,3)25(4,5)24-11-9(7-20)23-13(10(11)17)19-6-8(16)12(21)18-14(19)22/h6-7,9-11,13H,1-5H3,(H,18,21,22). The van der Waals surface area contributed by atoms with Crippen LogP contribution < -0.4 is 11.2 Å². The molecule has 1 aliphatic rings. The molecule has 4 atom stereocenters. The second kappa shape index (κ2) is 6.58. The quantitative estimate of drug-likeness (QED) is 0.635. The Balaban J connectivity index is 2.37. The SMILES string of the molecule is CC(C)(C)[Si](C)(C)OC1C(C=O)OC(n2cc(F)c(=O)[nH]c2=O)C1F. The van der Waals surface area contributed by atoms with E-state index in [0.717, 1.165) is 0 Å². The van der Waals surface area contributed by atoms with Crippen molar-refractivity contribution in [1.29, 1.82) is 0 Å². The zero-order valence-corrected chi connectivity index (χ0v) is 15.7. The van der Waals surface area contributed by atoms with Crippen molar-refractivity contribution in [2.45, 2.75) is 63.5 Å². The first kappa shape index (κ1) is 19.7. The summed E-state index contributed by atoms with van der Waals surface area (Å²) < 4.78 is 40.2. The van der Waals surface area contributed by atoms with E-state index in [-0.39, 0.29) is 5.04 Å². The maximum Gasteiger partial charge on any atom is 0.330 e. The van der Waals surface area contributed by atoms with Crippen molar-refractivity contribution in [2.75, 3.05) is 0 Å². The molecule has 1 aromatic heterocycles. The first-order valence-corrected chi connectivity index (χ1v) is 10.7. The largest absolute Gasteiger partial charge is 0.408 e. The molecule has 0 aromatic carbocycles. The van der Waals surface area contributed by atoms with Crippen molar-refractivity contribution in [1.82, 2.24) is 9.55 Å². The van der Waals surface area contributed by atoms with Crippen molar-refractivity contribution >= 4 is 14.6 Å². The summed E-state index contributed by atoms with van der Waals surface area (Å²) in [5.74, 6) is -1.26. The van der Waals surface area contributed by atoms with E-state index in [2.05, 4.69) is 0 Å². The van der Waals surface area contributed by atoms with Gasteiger partial charge in [-0.05, 0) is 18.1 Å². The van der Waals surface area contributed by atoms with Gasteiger partial charge in [0.05, 0.1) is 6.20 Å². The predicted molar refractivity (Wildman–Crippen MR) is 88.2 cm³/mol. The van der Waals surface area contributed by atoms with E-state index >= 15 is 0 Å². The van der Waals surface area contributed by atoms with Gasteiger partial charge in [0, 0.05) is 0 Å². The monoisotopic (exact) mass is 376 g/mol. The van der Waals surface area contributed by atoms with Crippen LogP contribution in [-0.4, -0.2) is 42.5 Å². The van der Waals surface area contributed by atoms with Gasteiger partial charge < -0.3 is 14.0 Å². The van der Waals surface area contributed by atoms with Crippen LogP contribution in [0.15, 0.2) is 15.8 Å². The predicted octanol–water partition coefficient (Wildman–Crippen LogP) is 1.50. The van der Waals surface area contributed by atoms with Gasteiger partial charge in [-0.1, -0.05) is 20.8 Å². The molecule has 0 spiro atoms. The summed E-state index contributed by atoms with van der Waals surface area (Å²) in [6, 6.07) is 0. The Kier molecular flexibility index (Phi) is 5.17. The van der Waals surface area contributed by atoms with E-state index in [9.17, 15) is 23.2 Å². The minimum Gasteiger partial charge on any atom is -0.408 e. The average molecular weight is 376 g/mol. The number of H-pyrrole nitrogens is 1. The number of carbonyl (C=O) groups is 1. The number of halogens is 2. The van der Waals surface area contributed by atoms with Crippen molar-refractivity contribution in [2.24, 2.45) is 0 Å². The minimum atomic E-state index is -2.43. The van der Waals surface area contributed by atoms with E-state index < -0.39 is 50.0 Å². The third kappa shape index (κ3) is 3.65. The molecule has 4 unspecified atom stereocenters. The number of aldehydes is 1. The second-order valence-corrected chi connectivity index (χ2v) is 12.3. The summed E-state index contributed by atoms with van der Waals surface area (Å²) >= 11 is 0. The topological polar surface area (TPSA) is 90.4 Å². The molecular formula is C15H22F2N2O5Si. The van der Waals surface area contributed by atoms with E-state index in [1.54, 1.807) is 4.98 Å². The van der Waals surface area contributed by atoms with Crippen LogP contribution in [0, 0.1) is 5.82 Å². The van der Waals surface area contributed by atoms with Crippen LogP contribution in [-0.2, 0) is 14.0 Å². The Hall–Kier alpha value is -1.65. The summed E-state index contributed by atoms with van der Waals surface area (Å²) in [7, 11) is -2.43. The molecule has 0 bridgehead atoms. The number of nitrogens with one attached hydrogen (secondary N) is 1. The Morgan fingerprint density at radius 2 is 1.96 bits per heavy atom. The lowest BCUT2D eigenvalue weighted by molar-refractivity contribution is -0.122. The maximum absolute atomic E-state index is 14.9. The molecule has 25 heavy (non-hydrogen) atoms. The molecule has 7 nitrogen and oxygen atoms in total. The second-order valence-electron chi connectivity index (χ2n) is 7.56. The fraction of sp³-hybridized carbons (Fsp3) is 0.667. The molecule has 1 saturated heterocycles. The first-order valence-electron chi connectivity index (χ1n) is 7.82. The Bertz CT molecular complexity index is 770. The average Bonchev–Trinajstić information content (AvgIpc) is 2.78. The highest BCUT2D eigenvalue weighted by Crippen LogP contribution is 2.41. The lowest BCUT2D eigenvalue weighted by atomic mass is 10.1. The van der Waals surface area contributed by atoms with Gasteiger partial charge in [-0.2, -0.15) is 4.39 Å².